The molecule has 0 aromatic rings. The Kier molecular flexibility index (Phi) is 6.14. The first-order valence-corrected chi connectivity index (χ1v) is 7.16. The lowest BCUT2D eigenvalue weighted by molar-refractivity contribution is -0.443. The number of halogens is 22. The van der Waals surface area contributed by atoms with Crippen LogP contribution >= 0.6 is 0 Å². The SMILES string of the molecule is FC1=C(C(F)(C(F)(F)F)C(F)(F)C(F)(F)C(F)(F)C(F)(F)C(F)(F)F)C(F)(F)C(F)(F)C1(F)F. The van der Waals surface area contributed by atoms with Gasteiger partial charge < -0.3 is 0 Å². The normalized spacial score (nSPS) is 23.8. The van der Waals surface area contributed by atoms with Crippen molar-refractivity contribution in [1.82, 2.24) is 0 Å². The highest BCUT2D eigenvalue weighted by Gasteiger charge is 2.97. The molecule has 0 saturated heterocycles. The Bertz CT molecular complexity index is 850. The Morgan fingerprint density at radius 3 is 0.971 bits per heavy atom. The van der Waals surface area contributed by atoms with E-state index >= 15 is 0 Å². The first kappa shape index (κ1) is 30.2. The van der Waals surface area contributed by atoms with Gasteiger partial charge in [0.1, 0.15) is 0 Å². The molecular formula is C12F22. The van der Waals surface area contributed by atoms with E-state index in [1.54, 1.807) is 0 Å². The molecule has 22 heteroatoms. The van der Waals surface area contributed by atoms with Crippen LogP contribution in [-0.4, -0.2) is 59.5 Å². The Morgan fingerprint density at radius 1 is 0.412 bits per heavy atom. The predicted molar refractivity (Wildman–Crippen MR) is 58.7 cm³/mol. The summed E-state index contributed by atoms with van der Waals surface area (Å²) in [4.78, 5) is 0. The first-order chi connectivity index (χ1) is 14.3. The highest BCUT2D eigenvalue weighted by molar-refractivity contribution is 5.46. The summed E-state index contributed by atoms with van der Waals surface area (Å²) in [5.41, 5.74) is -14.5. The minimum absolute atomic E-state index is 5.27. The summed E-state index contributed by atoms with van der Waals surface area (Å²) in [5, 5.41) is 0. The molecule has 0 N–H and O–H groups in total. The topological polar surface area (TPSA) is 0 Å². The van der Waals surface area contributed by atoms with Gasteiger partial charge in [0.2, 0.25) is 0 Å². The summed E-state index contributed by atoms with van der Waals surface area (Å²) in [5.74, 6) is -64.2. The molecule has 34 heavy (non-hydrogen) atoms. The fourth-order valence-electron chi connectivity index (χ4n) is 2.42. The van der Waals surface area contributed by atoms with Crippen LogP contribution in [0.15, 0.2) is 11.4 Å². The zero-order valence-corrected chi connectivity index (χ0v) is 14.3. The summed E-state index contributed by atoms with van der Waals surface area (Å²) >= 11 is 0. The summed E-state index contributed by atoms with van der Waals surface area (Å²) in [6.45, 7) is 0. The highest BCUT2D eigenvalue weighted by atomic mass is 19.4. The van der Waals surface area contributed by atoms with Crippen molar-refractivity contribution < 1.29 is 96.6 Å². The lowest BCUT2D eigenvalue weighted by Crippen LogP contribution is -2.74. The highest BCUT2D eigenvalue weighted by Crippen LogP contribution is 2.70. The molecule has 0 spiro atoms. The van der Waals surface area contributed by atoms with Gasteiger partial charge >= 0.3 is 59.5 Å². The third kappa shape index (κ3) is 3.03. The number of allylic oxidation sites excluding steroid dienone is 2. The molecule has 1 rings (SSSR count). The molecule has 0 radical (unpaired) electrons. The lowest BCUT2D eigenvalue weighted by atomic mass is 9.79. The molecule has 0 aromatic carbocycles. The van der Waals surface area contributed by atoms with Gasteiger partial charge in [-0.3, -0.25) is 0 Å². The Hall–Kier alpha value is -1.80. The zero-order chi connectivity index (χ0) is 28.2. The van der Waals surface area contributed by atoms with E-state index in [-0.39, 0.29) is 0 Å². The minimum Gasteiger partial charge on any atom is -0.221 e. The van der Waals surface area contributed by atoms with E-state index in [9.17, 15) is 96.6 Å². The molecule has 0 fully saturated rings. The monoisotopic (exact) mass is 562 g/mol. The third-order valence-electron chi connectivity index (χ3n) is 4.30. The summed E-state index contributed by atoms with van der Waals surface area (Å²) in [7, 11) is 0. The summed E-state index contributed by atoms with van der Waals surface area (Å²) < 4.78 is 287. The summed E-state index contributed by atoms with van der Waals surface area (Å²) in [6, 6.07) is 0. The quantitative estimate of drug-likeness (QED) is 0.305. The van der Waals surface area contributed by atoms with E-state index in [1.165, 1.54) is 0 Å². The van der Waals surface area contributed by atoms with Gasteiger partial charge in [-0.1, -0.05) is 0 Å². The zero-order valence-electron chi connectivity index (χ0n) is 14.3. The van der Waals surface area contributed by atoms with Crippen LogP contribution in [0.25, 0.3) is 0 Å². The second-order valence-electron chi connectivity index (χ2n) is 6.36. The molecule has 0 heterocycles. The van der Waals surface area contributed by atoms with Crippen molar-refractivity contribution in [3.63, 3.8) is 0 Å². The molecule has 0 saturated carbocycles. The van der Waals surface area contributed by atoms with Crippen molar-refractivity contribution in [2.45, 2.75) is 59.5 Å². The van der Waals surface area contributed by atoms with E-state index in [0.29, 0.717) is 0 Å². The maximum atomic E-state index is 14.3. The van der Waals surface area contributed by atoms with Crippen LogP contribution in [0, 0.1) is 0 Å². The second kappa shape index (κ2) is 6.90. The fraction of sp³-hybridized carbons (Fsp3) is 0.833. The van der Waals surface area contributed by atoms with Gasteiger partial charge in [0.05, 0.1) is 5.57 Å². The van der Waals surface area contributed by atoms with E-state index < -0.39 is 70.9 Å². The van der Waals surface area contributed by atoms with Gasteiger partial charge in [-0.15, -0.1) is 0 Å². The van der Waals surface area contributed by atoms with Crippen molar-refractivity contribution in [3.8, 4) is 0 Å². The Morgan fingerprint density at radius 2 is 0.735 bits per heavy atom. The van der Waals surface area contributed by atoms with Crippen molar-refractivity contribution in [2.75, 3.05) is 0 Å². The number of alkyl halides is 21. The smallest absolute Gasteiger partial charge is 0.221 e. The third-order valence-corrected chi connectivity index (χ3v) is 4.30. The van der Waals surface area contributed by atoms with Gasteiger partial charge in [-0.05, 0) is 0 Å². The van der Waals surface area contributed by atoms with Crippen LogP contribution in [-0.2, 0) is 0 Å². The van der Waals surface area contributed by atoms with Crippen LogP contribution in [0.2, 0.25) is 0 Å². The molecule has 1 aliphatic carbocycles. The van der Waals surface area contributed by atoms with Gasteiger partial charge in [0.15, 0.2) is 5.83 Å². The molecule has 0 amide bonds. The lowest BCUT2D eigenvalue weighted by Gasteiger charge is -2.44. The fourth-order valence-corrected chi connectivity index (χ4v) is 2.42. The molecule has 1 atom stereocenters. The van der Waals surface area contributed by atoms with Crippen LogP contribution in [0.4, 0.5) is 96.6 Å². The molecular weight excluding hydrogens is 562 g/mol. The Labute approximate surface area is 169 Å². The standard InChI is InChI=1S/C12F22/c13-2-1(4(15,16)7(21,22)5(2,17)18)3(14,11(29,30)31)6(19,20)8(23,24)9(25,26)10(27,28)12(32,33)34. The van der Waals surface area contributed by atoms with E-state index in [0.717, 1.165) is 0 Å². The van der Waals surface area contributed by atoms with Crippen molar-refractivity contribution in [1.29, 1.82) is 0 Å². The van der Waals surface area contributed by atoms with E-state index in [2.05, 4.69) is 0 Å². The second-order valence-corrected chi connectivity index (χ2v) is 6.36. The molecule has 0 nitrogen and oxygen atoms in total. The maximum Gasteiger partial charge on any atom is 0.460 e. The first-order valence-electron chi connectivity index (χ1n) is 7.16. The van der Waals surface area contributed by atoms with Crippen LogP contribution in [0.5, 0.6) is 0 Å². The van der Waals surface area contributed by atoms with Gasteiger partial charge in [0.25, 0.3) is 0 Å². The number of hydrogen-bond donors (Lipinski definition) is 0. The summed E-state index contributed by atoms with van der Waals surface area (Å²) in [6.07, 6.45) is -16.6. The maximum absolute atomic E-state index is 14.3. The van der Waals surface area contributed by atoms with E-state index in [4.69, 9.17) is 0 Å². The molecule has 0 aliphatic heterocycles. The van der Waals surface area contributed by atoms with Crippen molar-refractivity contribution in [2.24, 2.45) is 0 Å². The minimum atomic E-state index is -9.22. The van der Waals surface area contributed by atoms with Crippen LogP contribution in [0.3, 0.4) is 0 Å². The van der Waals surface area contributed by atoms with Gasteiger partial charge in [0, 0.05) is 0 Å². The molecule has 0 bridgehead atoms. The van der Waals surface area contributed by atoms with Crippen LogP contribution < -0.4 is 0 Å². The number of rotatable bonds is 5. The average molecular weight is 562 g/mol. The predicted octanol–water partition coefficient (Wildman–Crippen LogP) is 7.50. The van der Waals surface area contributed by atoms with Crippen LogP contribution in [0.1, 0.15) is 0 Å². The Balaban J connectivity index is 4.19. The van der Waals surface area contributed by atoms with Gasteiger partial charge in [-0.2, -0.15) is 87.8 Å². The number of hydrogen-bond acceptors (Lipinski definition) is 0. The average Bonchev–Trinajstić information content (AvgIpc) is 2.66. The van der Waals surface area contributed by atoms with Gasteiger partial charge in [-0.25, -0.2) is 8.78 Å². The van der Waals surface area contributed by atoms with Crippen molar-refractivity contribution >= 4 is 0 Å². The molecule has 1 aliphatic rings. The van der Waals surface area contributed by atoms with E-state index in [1.807, 2.05) is 0 Å². The van der Waals surface area contributed by atoms with Crippen molar-refractivity contribution in [3.05, 3.63) is 11.4 Å². The molecule has 0 aromatic heterocycles. The molecule has 1 unspecified atom stereocenters. The molecule has 202 valence electrons. The largest absolute Gasteiger partial charge is 0.460 e.